The zero-order valence-corrected chi connectivity index (χ0v) is 6.86. The minimum absolute atomic E-state index is 0.133. The summed E-state index contributed by atoms with van der Waals surface area (Å²) in [6, 6.07) is 0. The Bertz CT molecular complexity index is 228. The van der Waals surface area contributed by atoms with E-state index >= 15 is 0 Å². The average Bonchev–Trinajstić information content (AvgIpc) is 1.88. The van der Waals surface area contributed by atoms with Crippen molar-refractivity contribution in [1.29, 1.82) is 0 Å². The Morgan fingerprint density at radius 1 is 1.64 bits per heavy atom. The van der Waals surface area contributed by atoms with Crippen molar-refractivity contribution < 1.29 is 9.18 Å². The van der Waals surface area contributed by atoms with Gasteiger partial charge in [0.25, 0.3) is 5.24 Å². The summed E-state index contributed by atoms with van der Waals surface area (Å²) in [6.07, 6.45) is 3.64. The van der Waals surface area contributed by atoms with Crippen LogP contribution in [0.4, 0.5) is 4.39 Å². The first-order valence-electron chi connectivity index (χ1n) is 2.98. The van der Waals surface area contributed by atoms with Crippen molar-refractivity contribution in [2.45, 2.75) is 6.92 Å². The minimum Gasteiger partial charge on any atom is -0.276 e. The standard InChI is InChI=1S/C8H8ClFO/c1-3-5-7(10)6(4-2)8(9)11/h3-5H,1H2,2H3/b6-4+,7-5+. The number of carbonyl (C=O) groups is 1. The highest BCUT2D eigenvalue weighted by atomic mass is 35.5. The van der Waals surface area contributed by atoms with Gasteiger partial charge < -0.3 is 0 Å². The smallest absolute Gasteiger partial charge is 0.255 e. The fourth-order valence-corrected chi connectivity index (χ4v) is 0.738. The van der Waals surface area contributed by atoms with Gasteiger partial charge in [-0.2, -0.15) is 0 Å². The van der Waals surface area contributed by atoms with Crippen molar-refractivity contribution in [2.24, 2.45) is 0 Å². The molecule has 60 valence electrons. The summed E-state index contributed by atoms with van der Waals surface area (Å²) in [5.74, 6) is -0.664. The van der Waals surface area contributed by atoms with E-state index < -0.39 is 11.1 Å². The molecule has 0 aromatic heterocycles. The molecule has 0 amide bonds. The zero-order chi connectivity index (χ0) is 8.85. The molecule has 0 aliphatic heterocycles. The Morgan fingerprint density at radius 3 is 2.45 bits per heavy atom. The van der Waals surface area contributed by atoms with E-state index in [0.717, 1.165) is 6.08 Å². The van der Waals surface area contributed by atoms with Gasteiger partial charge in [-0.05, 0) is 24.6 Å². The fraction of sp³-hybridized carbons (Fsp3) is 0.125. The number of hydrogen-bond donors (Lipinski definition) is 0. The van der Waals surface area contributed by atoms with E-state index in [1.807, 2.05) is 0 Å². The predicted molar refractivity (Wildman–Crippen MR) is 44.0 cm³/mol. The van der Waals surface area contributed by atoms with Crippen LogP contribution in [-0.4, -0.2) is 5.24 Å². The van der Waals surface area contributed by atoms with Gasteiger partial charge in [0.05, 0.1) is 5.57 Å². The Morgan fingerprint density at radius 2 is 2.18 bits per heavy atom. The van der Waals surface area contributed by atoms with Gasteiger partial charge in [-0.25, -0.2) is 4.39 Å². The van der Waals surface area contributed by atoms with Gasteiger partial charge in [0.15, 0.2) is 0 Å². The van der Waals surface area contributed by atoms with Crippen LogP contribution in [0.3, 0.4) is 0 Å². The molecule has 0 rings (SSSR count). The van der Waals surface area contributed by atoms with Gasteiger partial charge in [0, 0.05) is 0 Å². The van der Waals surface area contributed by atoms with Crippen molar-refractivity contribution in [3.63, 3.8) is 0 Å². The molecule has 0 aromatic carbocycles. The van der Waals surface area contributed by atoms with E-state index in [1.54, 1.807) is 0 Å². The summed E-state index contributed by atoms with van der Waals surface area (Å²) in [4.78, 5) is 10.5. The summed E-state index contributed by atoms with van der Waals surface area (Å²) < 4.78 is 12.7. The second kappa shape index (κ2) is 4.85. The molecule has 0 spiro atoms. The maximum Gasteiger partial charge on any atom is 0.255 e. The quantitative estimate of drug-likeness (QED) is 0.365. The largest absolute Gasteiger partial charge is 0.276 e. The monoisotopic (exact) mass is 174 g/mol. The van der Waals surface area contributed by atoms with Crippen molar-refractivity contribution in [2.75, 3.05) is 0 Å². The van der Waals surface area contributed by atoms with E-state index in [9.17, 15) is 9.18 Å². The third-order valence-corrected chi connectivity index (χ3v) is 1.23. The van der Waals surface area contributed by atoms with Crippen LogP contribution >= 0.6 is 11.6 Å². The molecular weight excluding hydrogens is 167 g/mol. The maximum absolute atomic E-state index is 12.7. The van der Waals surface area contributed by atoms with Crippen LogP contribution in [0.1, 0.15) is 6.92 Å². The molecule has 0 fully saturated rings. The highest BCUT2D eigenvalue weighted by molar-refractivity contribution is 6.68. The van der Waals surface area contributed by atoms with Gasteiger partial charge >= 0.3 is 0 Å². The van der Waals surface area contributed by atoms with Gasteiger partial charge in [0.2, 0.25) is 0 Å². The lowest BCUT2D eigenvalue weighted by Gasteiger charge is -1.94. The first-order chi connectivity index (χ1) is 5.13. The van der Waals surface area contributed by atoms with Gasteiger partial charge in [-0.15, -0.1) is 0 Å². The summed E-state index contributed by atoms with van der Waals surface area (Å²) in [5, 5.41) is -0.803. The SMILES string of the molecule is C=C/C=C(F)\C(=C/C)C(=O)Cl. The minimum atomic E-state index is -0.803. The molecule has 0 atom stereocenters. The average molecular weight is 175 g/mol. The topological polar surface area (TPSA) is 17.1 Å². The Kier molecular flexibility index (Phi) is 4.46. The van der Waals surface area contributed by atoms with E-state index in [1.165, 1.54) is 19.1 Å². The number of rotatable bonds is 3. The number of allylic oxidation sites excluding steroid dienone is 5. The van der Waals surface area contributed by atoms with Gasteiger partial charge in [0.1, 0.15) is 5.83 Å². The van der Waals surface area contributed by atoms with Crippen LogP contribution < -0.4 is 0 Å². The van der Waals surface area contributed by atoms with Crippen molar-refractivity contribution in [1.82, 2.24) is 0 Å². The molecule has 0 aliphatic rings. The van der Waals surface area contributed by atoms with E-state index in [0.29, 0.717) is 0 Å². The van der Waals surface area contributed by atoms with Gasteiger partial charge in [-0.1, -0.05) is 18.7 Å². The molecule has 0 radical (unpaired) electrons. The van der Waals surface area contributed by atoms with Crippen molar-refractivity contribution in [3.8, 4) is 0 Å². The summed E-state index contributed by atoms with van der Waals surface area (Å²) >= 11 is 5.05. The third kappa shape index (κ3) is 3.14. The highest BCUT2D eigenvalue weighted by Gasteiger charge is 2.08. The fourth-order valence-electron chi connectivity index (χ4n) is 0.539. The zero-order valence-electron chi connectivity index (χ0n) is 6.10. The molecule has 11 heavy (non-hydrogen) atoms. The maximum atomic E-state index is 12.7. The molecule has 0 unspecified atom stereocenters. The van der Waals surface area contributed by atoms with Crippen LogP contribution in [0.2, 0.25) is 0 Å². The Hall–Kier alpha value is -0.890. The van der Waals surface area contributed by atoms with Crippen LogP contribution in [-0.2, 0) is 4.79 Å². The van der Waals surface area contributed by atoms with Crippen LogP contribution in [0.15, 0.2) is 36.2 Å². The number of carbonyl (C=O) groups excluding carboxylic acids is 1. The van der Waals surface area contributed by atoms with E-state index in [-0.39, 0.29) is 5.57 Å². The molecule has 0 N–H and O–H groups in total. The first kappa shape index (κ1) is 10.1. The van der Waals surface area contributed by atoms with Crippen molar-refractivity contribution >= 4 is 16.8 Å². The lowest BCUT2D eigenvalue weighted by Crippen LogP contribution is -1.93. The van der Waals surface area contributed by atoms with E-state index in [4.69, 9.17) is 11.6 Å². The second-order valence-corrected chi connectivity index (χ2v) is 2.07. The number of halogens is 2. The molecule has 0 aromatic rings. The Balaban J connectivity index is 4.67. The second-order valence-electron chi connectivity index (χ2n) is 1.73. The number of hydrogen-bond acceptors (Lipinski definition) is 1. The summed E-state index contributed by atoms with van der Waals surface area (Å²) in [5.41, 5.74) is -0.133. The molecule has 3 heteroatoms. The predicted octanol–water partition coefficient (Wildman–Crippen LogP) is 2.74. The summed E-state index contributed by atoms with van der Waals surface area (Å²) in [7, 11) is 0. The lowest BCUT2D eigenvalue weighted by atomic mass is 10.2. The van der Waals surface area contributed by atoms with Crippen LogP contribution in [0.25, 0.3) is 0 Å². The van der Waals surface area contributed by atoms with Crippen LogP contribution in [0.5, 0.6) is 0 Å². The highest BCUT2D eigenvalue weighted by Crippen LogP contribution is 2.14. The lowest BCUT2D eigenvalue weighted by molar-refractivity contribution is -0.108. The third-order valence-electron chi connectivity index (χ3n) is 1.02. The molecule has 0 saturated heterocycles. The normalized spacial score (nSPS) is 13.0. The van der Waals surface area contributed by atoms with Crippen LogP contribution in [0, 0.1) is 0 Å². The molecule has 0 aliphatic carbocycles. The first-order valence-corrected chi connectivity index (χ1v) is 3.36. The van der Waals surface area contributed by atoms with Gasteiger partial charge in [-0.3, -0.25) is 4.79 Å². The molecular formula is C8H8ClFO. The van der Waals surface area contributed by atoms with E-state index in [2.05, 4.69) is 6.58 Å². The molecule has 0 saturated carbocycles. The Labute approximate surface area is 69.9 Å². The summed E-state index contributed by atoms with van der Waals surface area (Å²) in [6.45, 7) is 4.81. The van der Waals surface area contributed by atoms with Crippen molar-refractivity contribution in [3.05, 3.63) is 36.2 Å². The molecule has 1 nitrogen and oxygen atoms in total. The molecule has 0 bridgehead atoms. The molecule has 0 heterocycles.